The summed E-state index contributed by atoms with van der Waals surface area (Å²) in [6.07, 6.45) is 2.08. The van der Waals surface area contributed by atoms with E-state index in [1.165, 1.54) is 6.42 Å². The molecule has 0 aliphatic carbocycles. The third-order valence-electron chi connectivity index (χ3n) is 2.70. The lowest BCUT2D eigenvalue weighted by Gasteiger charge is -2.06. The van der Waals surface area contributed by atoms with Crippen LogP contribution < -0.4 is 0 Å². The zero-order valence-corrected chi connectivity index (χ0v) is 9.30. The molecule has 1 saturated heterocycles. The molecule has 1 aliphatic heterocycles. The Hall–Kier alpha value is -0.740. The quantitative estimate of drug-likeness (QED) is 0.696. The van der Waals surface area contributed by atoms with Crippen LogP contribution in [0.5, 0.6) is 0 Å². The molecule has 76 valence electrons. The molecule has 0 radical (unpaired) electrons. The standard InChI is InChI=1S/C10H14N2OS/c1-7-9(6-13)14-10(11-7)8-3-4-12(2)5-8/h6,8H,3-5H2,1-2H3. The molecule has 0 aromatic carbocycles. The first-order chi connectivity index (χ1) is 6.70. The van der Waals surface area contributed by atoms with Gasteiger partial charge in [-0.2, -0.15) is 0 Å². The van der Waals surface area contributed by atoms with E-state index in [4.69, 9.17) is 0 Å². The molecule has 0 saturated carbocycles. The van der Waals surface area contributed by atoms with Crippen LogP contribution in [0.15, 0.2) is 0 Å². The topological polar surface area (TPSA) is 33.2 Å². The van der Waals surface area contributed by atoms with Crippen molar-refractivity contribution in [2.45, 2.75) is 19.3 Å². The van der Waals surface area contributed by atoms with E-state index in [2.05, 4.69) is 16.9 Å². The molecule has 1 aromatic heterocycles. The number of carbonyl (C=O) groups is 1. The molecule has 2 rings (SSSR count). The molecule has 0 bridgehead atoms. The molecule has 1 aromatic rings. The van der Waals surface area contributed by atoms with Gasteiger partial charge in [0.05, 0.1) is 15.6 Å². The Morgan fingerprint density at radius 3 is 2.93 bits per heavy atom. The molecule has 0 N–H and O–H groups in total. The van der Waals surface area contributed by atoms with Crippen molar-refractivity contribution in [3.05, 3.63) is 15.6 Å². The van der Waals surface area contributed by atoms with Gasteiger partial charge in [0, 0.05) is 12.5 Å². The zero-order valence-electron chi connectivity index (χ0n) is 8.49. The first-order valence-corrected chi connectivity index (χ1v) is 5.63. The van der Waals surface area contributed by atoms with Gasteiger partial charge in [-0.25, -0.2) is 4.98 Å². The van der Waals surface area contributed by atoms with Crippen molar-refractivity contribution >= 4 is 17.6 Å². The summed E-state index contributed by atoms with van der Waals surface area (Å²) in [6.45, 7) is 4.12. The van der Waals surface area contributed by atoms with Gasteiger partial charge in [0.25, 0.3) is 0 Å². The molecule has 3 nitrogen and oxygen atoms in total. The molecule has 1 fully saturated rings. The summed E-state index contributed by atoms with van der Waals surface area (Å²) in [5.41, 5.74) is 0.884. The summed E-state index contributed by atoms with van der Waals surface area (Å²) >= 11 is 1.55. The Morgan fingerprint density at radius 2 is 2.43 bits per heavy atom. The SMILES string of the molecule is Cc1nc(C2CCN(C)C2)sc1C=O. The molecule has 14 heavy (non-hydrogen) atoms. The number of aldehydes is 1. The minimum absolute atomic E-state index is 0.539. The second-order valence-electron chi connectivity index (χ2n) is 3.87. The van der Waals surface area contributed by atoms with Gasteiger partial charge in [-0.15, -0.1) is 11.3 Å². The Bertz CT molecular complexity index is 348. The number of rotatable bonds is 2. The fraction of sp³-hybridized carbons (Fsp3) is 0.600. The Kier molecular flexibility index (Phi) is 2.65. The van der Waals surface area contributed by atoms with Gasteiger partial charge in [-0.3, -0.25) is 4.79 Å². The van der Waals surface area contributed by atoms with Crippen LogP contribution in [0.1, 0.15) is 32.7 Å². The maximum Gasteiger partial charge on any atom is 0.161 e. The number of carbonyl (C=O) groups excluding carboxylic acids is 1. The van der Waals surface area contributed by atoms with E-state index in [1.807, 2.05) is 6.92 Å². The van der Waals surface area contributed by atoms with E-state index in [0.29, 0.717) is 5.92 Å². The van der Waals surface area contributed by atoms with Crippen molar-refractivity contribution in [1.82, 2.24) is 9.88 Å². The van der Waals surface area contributed by atoms with Crippen LogP contribution >= 0.6 is 11.3 Å². The lowest BCUT2D eigenvalue weighted by atomic mass is 10.1. The number of aryl methyl sites for hydroxylation is 1. The minimum atomic E-state index is 0.539. The summed E-state index contributed by atoms with van der Waals surface area (Å²) in [5, 5.41) is 1.13. The fourth-order valence-corrected chi connectivity index (χ4v) is 2.86. The number of hydrogen-bond donors (Lipinski definition) is 0. The minimum Gasteiger partial charge on any atom is -0.306 e. The molecular formula is C10H14N2OS. The third-order valence-corrected chi connectivity index (χ3v) is 3.94. The van der Waals surface area contributed by atoms with Crippen LogP contribution in [-0.4, -0.2) is 36.3 Å². The zero-order chi connectivity index (χ0) is 10.1. The normalized spacial score (nSPS) is 22.9. The van der Waals surface area contributed by atoms with Crippen molar-refractivity contribution < 1.29 is 4.79 Å². The molecule has 4 heteroatoms. The second-order valence-corrected chi connectivity index (χ2v) is 4.93. The lowest BCUT2D eigenvalue weighted by Crippen LogP contribution is -2.13. The van der Waals surface area contributed by atoms with Crippen LogP contribution in [0, 0.1) is 6.92 Å². The first kappa shape index (κ1) is 9.80. The maximum atomic E-state index is 10.7. The summed E-state index contributed by atoms with van der Waals surface area (Å²) in [5.74, 6) is 0.539. The van der Waals surface area contributed by atoms with Gasteiger partial charge in [-0.05, 0) is 26.9 Å². The molecule has 1 aliphatic rings. The second kappa shape index (κ2) is 3.79. The van der Waals surface area contributed by atoms with Crippen molar-refractivity contribution in [2.75, 3.05) is 20.1 Å². The van der Waals surface area contributed by atoms with E-state index in [0.717, 1.165) is 35.0 Å². The van der Waals surface area contributed by atoms with E-state index in [9.17, 15) is 4.79 Å². The van der Waals surface area contributed by atoms with Crippen molar-refractivity contribution in [1.29, 1.82) is 0 Å². The van der Waals surface area contributed by atoms with Crippen LogP contribution in [0.25, 0.3) is 0 Å². The number of hydrogen-bond acceptors (Lipinski definition) is 4. The summed E-state index contributed by atoms with van der Waals surface area (Å²) in [6, 6.07) is 0. The Labute approximate surface area is 87.8 Å². The van der Waals surface area contributed by atoms with Crippen molar-refractivity contribution in [2.24, 2.45) is 0 Å². The van der Waals surface area contributed by atoms with Gasteiger partial charge in [0.2, 0.25) is 0 Å². The van der Waals surface area contributed by atoms with Crippen molar-refractivity contribution in [3.8, 4) is 0 Å². The lowest BCUT2D eigenvalue weighted by molar-refractivity contribution is 0.112. The number of likely N-dealkylation sites (N-methyl/N-ethyl adjacent to an activating group) is 1. The fourth-order valence-electron chi connectivity index (χ4n) is 1.85. The van der Waals surface area contributed by atoms with E-state index in [-0.39, 0.29) is 0 Å². The number of aromatic nitrogens is 1. The predicted octanol–water partition coefficient (Wildman–Crippen LogP) is 1.68. The molecule has 1 atom stereocenters. The number of nitrogens with zero attached hydrogens (tertiary/aromatic N) is 2. The van der Waals surface area contributed by atoms with Gasteiger partial charge >= 0.3 is 0 Å². The third kappa shape index (κ3) is 1.72. The average Bonchev–Trinajstić information content (AvgIpc) is 2.71. The Balaban J connectivity index is 2.20. The highest BCUT2D eigenvalue weighted by molar-refractivity contribution is 7.13. The highest BCUT2D eigenvalue weighted by atomic mass is 32.1. The van der Waals surface area contributed by atoms with Crippen molar-refractivity contribution in [3.63, 3.8) is 0 Å². The van der Waals surface area contributed by atoms with Gasteiger partial charge in [0.15, 0.2) is 6.29 Å². The highest BCUT2D eigenvalue weighted by Gasteiger charge is 2.24. The number of likely N-dealkylation sites (tertiary alicyclic amines) is 1. The van der Waals surface area contributed by atoms with E-state index < -0.39 is 0 Å². The largest absolute Gasteiger partial charge is 0.306 e. The molecule has 2 heterocycles. The van der Waals surface area contributed by atoms with Crippen LogP contribution in [0.3, 0.4) is 0 Å². The summed E-state index contributed by atoms with van der Waals surface area (Å²) in [7, 11) is 2.13. The highest BCUT2D eigenvalue weighted by Crippen LogP contribution is 2.30. The molecular weight excluding hydrogens is 196 g/mol. The van der Waals surface area contributed by atoms with Crippen LogP contribution in [-0.2, 0) is 0 Å². The predicted molar refractivity (Wildman–Crippen MR) is 57.1 cm³/mol. The van der Waals surface area contributed by atoms with E-state index in [1.54, 1.807) is 11.3 Å². The van der Waals surface area contributed by atoms with E-state index >= 15 is 0 Å². The monoisotopic (exact) mass is 210 g/mol. The molecule has 0 amide bonds. The van der Waals surface area contributed by atoms with Gasteiger partial charge < -0.3 is 4.90 Å². The molecule has 1 unspecified atom stereocenters. The summed E-state index contributed by atoms with van der Waals surface area (Å²) in [4.78, 5) is 18.2. The first-order valence-electron chi connectivity index (χ1n) is 4.81. The maximum absolute atomic E-state index is 10.7. The summed E-state index contributed by atoms with van der Waals surface area (Å²) < 4.78 is 0. The Morgan fingerprint density at radius 1 is 1.64 bits per heavy atom. The van der Waals surface area contributed by atoms with Gasteiger partial charge in [0.1, 0.15) is 0 Å². The van der Waals surface area contributed by atoms with Crippen LogP contribution in [0.4, 0.5) is 0 Å². The smallest absolute Gasteiger partial charge is 0.161 e. The molecule has 0 spiro atoms. The average molecular weight is 210 g/mol. The number of thiazole rings is 1. The van der Waals surface area contributed by atoms with Crippen LogP contribution in [0.2, 0.25) is 0 Å². The van der Waals surface area contributed by atoms with Gasteiger partial charge in [-0.1, -0.05) is 0 Å².